The van der Waals surface area contributed by atoms with E-state index in [1.807, 2.05) is 0 Å². The van der Waals surface area contributed by atoms with Crippen LogP contribution in [0.5, 0.6) is 0 Å². The zero-order chi connectivity index (χ0) is 35.5. The van der Waals surface area contributed by atoms with E-state index in [2.05, 4.69) is 200 Å². The smallest absolute Gasteiger partial charge is 0.0632 e. The van der Waals surface area contributed by atoms with Crippen LogP contribution in [0.2, 0.25) is 0 Å². The first-order valence-corrected chi connectivity index (χ1v) is 19.0. The fourth-order valence-corrected chi connectivity index (χ4v) is 9.17. The molecule has 53 heavy (non-hydrogen) atoms. The van der Waals surface area contributed by atoms with Crippen molar-refractivity contribution >= 4 is 39.6 Å². The van der Waals surface area contributed by atoms with Gasteiger partial charge in [-0.1, -0.05) is 129 Å². The molecule has 2 heteroatoms. The van der Waals surface area contributed by atoms with Crippen LogP contribution >= 0.6 is 0 Å². The fourth-order valence-electron chi connectivity index (χ4n) is 9.17. The van der Waals surface area contributed by atoms with Gasteiger partial charge in [0.25, 0.3) is 0 Å². The predicted octanol–water partition coefficient (Wildman–Crippen LogP) is 13.7. The van der Waals surface area contributed by atoms with Gasteiger partial charge in [-0.25, -0.2) is 0 Å². The second-order valence-corrected chi connectivity index (χ2v) is 15.2. The molecular formula is C51H42N2. The van der Waals surface area contributed by atoms with E-state index in [4.69, 9.17) is 0 Å². The van der Waals surface area contributed by atoms with E-state index in [1.54, 1.807) is 0 Å². The number of hydrogen-bond acceptors (Lipinski definition) is 2. The lowest BCUT2D eigenvalue weighted by Crippen LogP contribution is -2.26. The molecule has 0 saturated heterocycles. The molecule has 0 amide bonds. The van der Waals surface area contributed by atoms with Gasteiger partial charge in [0.1, 0.15) is 0 Å². The minimum atomic E-state index is -0.0312. The zero-order valence-corrected chi connectivity index (χ0v) is 30.3. The van der Waals surface area contributed by atoms with Crippen molar-refractivity contribution < 1.29 is 0 Å². The van der Waals surface area contributed by atoms with Crippen LogP contribution in [0.15, 0.2) is 182 Å². The molecule has 10 rings (SSSR count). The topological polar surface area (TPSA) is 6.48 Å². The molecule has 1 unspecified atom stereocenters. The van der Waals surface area contributed by atoms with Crippen molar-refractivity contribution in [1.29, 1.82) is 0 Å². The maximum atomic E-state index is 2.51. The average molecular weight is 683 g/mol. The highest BCUT2D eigenvalue weighted by Gasteiger charge is 2.38. The quantitative estimate of drug-likeness (QED) is 0.173. The number of rotatable bonds is 6. The van der Waals surface area contributed by atoms with Crippen LogP contribution in [-0.4, -0.2) is 6.04 Å². The van der Waals surface area contributed by atoms with Gasteiger partial charge >= 0.3 is 0 Å². The first kappa shape index (κ1) is 31.6. The number of hydrogen-bond donors (Lipinski definition) is 0. The Hall–Kier alpha value is -6.12. The summed E-state index contributed by atoms with van der Waals surface area (Å²) in [7, 11) is 0. The summed E-state index contributed by atoms with van der Waals surface area (Å²) in [6, 6.07) is 54.1. The number of benzene rings is 6. The van der Waals surface area contributed by atoms with E-state index < -0.39 is 0 Å². The highest BCUT2D eigenvalue weighted by atomic mass is 15.2. The van der Waals surface area contributed by atoms with Gasteiger partial charge in [-0.15, -0.1) is 0 Å². The third-order valence-electron chi connectivity index (χ3n) is 11.8. The Morgan fingerprint density at radius 1 is 0.604 bits per heavy atom. The number of anilines is 5. The minimum Gasteiger partial charge on any atom is -0.333 e. The molecule has 0 fully saturated rings. The molecule has 1 heterocycles. The molecule has 0 bridgehead atoms. The molecule has 0 N–H and O–H groups in total. The first-order valence-electron chi connectivity index (χ1n) is 19.0. The summed E-state index contributed by atoms with van der Waals surface area (Å²) in [5.74, 6) is 0. The Morgan fingerprint density at radius 2 is 1.25 bits per heavy atom. The fraction of sp³-hybridized carbons (Fsp3) is 0.137. The molecule has 256 valence electrons. The molecule has 1 atom stereocenters. The monoisotopic (exact) mass is 682 g/mol. The van der Waals surface area contributed by atoms with Gasteiger partial charge in [-0.2, -0.15) is 0 Å². The normalized spacial score (nSPS) is 17.6. The minimum absolute atomic E-state index is 0.0312. The lowest BCUT2D eigenvalue weighted by Gasteiger charge is -2.29. The van der Waals surface area contributed by atoms with Gasteiger partial charge in [0, 0.05) is 39.4 Å². The molecule has 6 aromatic carbocycles. The van der Waals surface area contributed by atoms with E-state index in [0.717, 1.165) is 30.6 Å². The van der Waals surface area contributed by atoms with Crippen LogP contribution in [0.1, 0.15) is 49.8 Å². The Balaban J connectivity index is 1.04. The molecule has 4 aliphatic rings. The van der Waals surface area contributed by atoms with Crippen molar-refractivity contribution in [2.24, 2.45) is 0 Å². The molecule has 0 radical (unpaired) electrons. The van der Waals surface area contributed by atoms with Crippen molar-refractivity contribution in [2.75, 3.05) is 9.80 Å². The lowest BCUT2D eigenvalue weighted by atomic mass is 9.80. The molecule has 0 aromatic heterocycles. The van der Waals surface area contributed by atoms with Crippen LogP contribution in [-0.2, 0) is 5.41 Å². The molecule has 2 nitrogen and oxygen atoms in total. The summed E-state index contributed by atoms with van der Waals surface area (Å²) in [5, 5.41) is 0. The van der Waals surface area contributed by atoms with E-state index >= 15 is 0 Å². The van der Waals surface area contributed by atoms with Gasteiger partial charge in [0.2, 0.25) is 0 Å². The number of para-hydroxylation sites is 1. The third-order valence-corrected chi connectivity index (χ3v) is 11.8. The molecule has 0 saturated carbocycles. The Labute approximate surface area is 313 Å². The van der Waals surface area contributed by atoms with Crippen LogP contribution < -0.4 is 9.80 Å². The number of fused-ring (bicyclic) bond motifs is 5. The molecular weight excluding hydrogens is 641 g/mol. The first-order chi connectivity index (χ1) is 26.0. The lowest BCUT2D eigenvalue weighted by molar-refractivity contribution is 0.651. The van der Waals surface area contributed by atoms with Crippen molar-refractivity contribution in [3.63, 3.8) is 0 Å². The van der Waals surface area contributed by atoms with Crippen molar-refractivity contribution in [3.8, 4) is 22.3 Å². The van der Waals surface area contributed by atoms with Crippen molar-refractivity contribution in [2.45, 2.75) is 44.6 Å². The van der Waals surface area contributed by atoms with Crippen LogP contribution in [0, 0.1) is 0 Å². The SMILES string of the molecule is CC1(C)C2=C(CCC=C2)c2ccc(N(c3ccc(-c4ccccc4)cc3)c3ccc(-c4ccc5c(c4)C4=CC=CCC4N5c4ccccc4)cc3)cc21. The molecule has 0 spiro atoms. The maximum absolute atomic E-state index is 2.51. The largest absolute Gasteiger partial charge is 0.333 e. The molecule has 6 aromatic rings. The Kier molecular flexibility index (Phi) is 7.47. The predicted molar refractivity (Wildman–Crippen MR) is 224 cm³/mol. The number of nitrogens with zero attached hydrogens (tertiary/aromatic N) is 2. The summed E-state index contributed by atoms with van der Waals surface area (Å²) in [5.41, 5.74) is 19.4. The summed E-state index contributed by atoms with van der Waals surface area (Å²) in [4.78, 5) is 4.94. The summed E-state index contributed by atoms with van der Waals surface area (Å²) in [6.45, 7) is 4.78. The summed E-state index contributed by atoms with van der Waals surface area (Å²) >= 11 is 0. The number of allylic oxidation sites excluding steroid dienone is 6. The molecule has 1 aliphatic heterocycles. The Bertz CT molecular complexity index is 2480. The van der Waals surface area contributed by atoms with E-state index in [9.17, 15) is 0 Å². The zero-order valence-electron chi connectivity index (χ0n) is 30.3. The maximum Gasteiger partial charge on any atom is 0.0632 e. The van der Waals surface area contributed by atoms with E-state index in [0.29, 0.717) is 6.04 Å². The van der Waals surface area contributed by atoms with Crippen LogP contribution in [0.4, 0.5) is 28.4 Å². The highest BCUT2D eigenvalue weighted by Crippen LogP contribution is 2.52. The van der Waals surface area contributed by atoms with Crippen LogP contribution in [0.3, 0.4) is 0 Å². The van der Waals surface area contributed by atoms with Crippen LogP contribution in [0.25, 0.3) is 33.4 Å². The average Bonchev–Trinajstić information content (AvgIpc) is 3.67. The van der Waals surface area contributed by atoms with Gasteiger partial charge in [0.15, 0.2) is 0 Å². The van der Waals surface area contributed by atoms with E-state index in [1.165, 1.54) is 72.7 Å². The summed E-state index contributed by atoms with van der Waals surface area (Å²) in [6.07, 6.45) is 14.8. The van der Waals surface area contributed by atoms with Crippen molar-refractivity contribution in [1.82, 2.24) is 0 Å². The standard InChI is InChI=1S/C51H42N2/c1-51(2)47-19-11-9-17-43(47)44-31-30-42(34-48(44)51)52(40-26-21-36(22-27-40)35-13-5-3-6-14-35)41-28-23-37(24-29-41)38-25-32-50-46(33-38)45-18-10-12-20-49(45)53(50)39-15-7-4-8-16-39/h3-8,10-16,18-19,21-34,49H,9,17,20H2,1-2H3. The molecule has 3 aliphatic carbocycles. The van der Waals surface area contributed by atoms with Gasteiger partial charge in [-0.05, 0) is 130 Å². The summed E-state index contributed by atoms with van der Waals surface area (Å²) < 4.78 is 0. The second kappa shape index (κ2) is 12.5. The highest BCUT2D eigenvalue weighted by molar-refractivity contribution is 5.95. The van der Waals surface area contributed by atoms with Gasteiger partial charge in [0.05, 0.1) is 6.04 Å². The van der Waals surface area contributed by atoms with Gasteiger partial charge in [-0.3, -0.25) is 0 Å². The van der Waals surface area contributed by atoms with Gasteiger partial charge < -0.3 is 9.80 Å². The third kappa shape index (κ3) is 5.24. The second-order valence-electron chi connectivity index (χ2n) is 15.2. The van der Waals surface area contributed by atoms with E-state index in [-0.39, 0.29) is 5.41 Å². The Morgan fingerprint density at radius 3 is 1.98 bits per heavy atom. The van der Waals surface area contributed by atoms with Crippen molar-refractivity contribution in [3.05, 3.63) is 198 Å².